The number of hydrogen-bond donors (Lipinski definition) is 2. The molecule has 0 heterocycles. The Morgan fingerprint density at radius 3 is 2.75 bits per heavy atom. The Balaban J connectivity index is 1.94. The molecule has 2 aromatic carbocycles. The number of hydrogen-bond acceptors (Lipinski definition) is 3. The monoisotopic (exact) mass is 290 g/mol. The minimum Gasteiger partial charge on any atom is -0.482 e. The molecule has 2 rings (SSSR count). The summed E-state index contributed by atoms with van der Waals surface area (Å²) >= 11 is 5.94. The van der Waals surface area contributed by atoms with Crippen LogP contribution in [0.4, 0.5) is 11.4 Å². The summed E-state index contributed by atoms with van der Waals surface area (Å²) in [5.74, 6) is 0.233. The van der Waals surface area contributed by atoms with Crippen molar-refractivity contribution in [1.29, 1.82) is 0 Å². The molecule has 0 spiro atoms. The average molecular weight is 291 g/mol. The van der Waals surface area contributed by atoms with Crippen molar-refractivity contribution < 1.29 is 9.53 Å². The molecule has 0 aromatic heterocycles. The number of nitrogens with two attached hydrogens (primary N) is 1. The van der Waals surface area contributed by atoms with Crippen LogP contribution in [-0.4, -0.2) is 12.5 Å². The first kappa shape index (κ1) is 14.2. The van der Waals surface area contributed by atoms with Crippen LogP contribution in [0.25, 0.3) is 0 Å². The molecule has 0 saturated carbocycles. The number of amides is 1. The molecule has 0 saturated heterocycles. The van der Waals surface area contributed by atoms with E-state index in [2.05, 4.69) is 5.32 Å². The highest BCUT2D eigenvalue weighted by molar-refractivity contribution is 6.32. The summed E-state index contributed by atoms with van der Waals surface area (Å²) in [5.41, 5.74) is 7.93. The van der Waals surface area contributed by atoms with Gasteiger partial charge in [-0.25, -0.2) is 0 Å². The lowest BCUT2D eigenvalue weighted by atomic mass is 10.2. The van der Waals surface area contributed by atoms with Gasteiger partial charge in [-0.3, -0.25) is 4.79 Å². The van der Waals surface area contributed by atoms with Crippen LogP contribution in [0.15, 0.2) is 42.5 Å². The lowest BCUT2D eigenvalue weighted by Crippen LogP contribution is -2.20. The standard InChI is InChI=1S/C15H15ClN2O2/c1-10-8-11(17)6-7-13(10)18-15(19)9-20-14-5-3-2-4-12(14)16/h2-8H,9,17H2,1H3,(H,18,19). The molecule has 1 amide bonds. The average Bonchev–Trinajstić information content (AvgIpc) is 2.41. The third-order valence-electron chi connectivity index (χ3n) is 2.72. The van der Waals surface area contributed by atoms with Crippen molar-refractivity contribution in [2.45, 2.75) is 6.92 Å². The fourth-order valence-electron chi connectivity index (χ4n) is 1.72. The van der Waals surface area contributed by atoms with Crippen molar-refractivity contribution in [3.8, 4) is 5.75 Å². The molecule has 20 heavy (non-hydrogen) atoms. The smallest absolute Gasteiger partial charge is 0.262 e. The van der Waals surface area contributed by atoms with E-state index in [0.717, 1.165) is 5.56 Å². The summed E-state index contributed by atoms with van der Waals surface area (Å²) < 4.78 is 5.37. The minimum atomic E-state index is -0.252. The zero-order chi connectivity index (χ0) is 14.5. The molecule has 0 unspecified atom stereocenters. The van der Waals surface area contributed by atoms with E-state index in [9.17, 15) is 4.79 Å². The highest BCUT2D eigenvalue weighted by atomic mass is 35.5. The van der Waals surface area contributed by atoms with Crippen LogP contribution in [-0.2, 0) is 4.79 Å². The summed E-state index contributed by atoms with van der Waals surface area (Å²) in [6.07, 6.45) is 0. The van der Waals surface area contributed by atoms with Gasteiger partial charge in [-0.1, -0.05) is 23.7 Å². The third kappa shape index (κ3) is 3.65. The van der Waals surface area contributed by atoms with Crippen molar-refractivity contribution >= 4 is 28.9 Å². The van der Waals surface area contributed by atoms with Crippen LogP contribution < -0.4 is 15.8 Å². The number of rotatable bonds is 4. The Kier molecular flexibility index (Phi) is 4.48. The first-order valence-electron chi connectivity index (χ1n) is 6.09. The first-order valence-corrected chi connectivity index (χ1v) is 6.47. The van der Waals surface area contributed by atoms with Crippen LogP contribution in [0.5, 0.6) is 5.75 Å². The number of carbonyl (C=O) groups is 1. The van der Waals surface area contributed by atoms with Gasteiger partial charge in [0.2, 0.25) is 0 Å². The zero-order valence-corrected chi connectivity index (χ0v) is 11.8. The number of ether oxygens (including phenoxy) is 1. The fraction of sp³-hybridized carbons (Fsp3) is 0.133. The fourth-order valence-corrected chi connectivity index (χ4v) is 1.91. The molecule has 0 aliphatic carbocycles. The Bertz CT molecular complexity index is 629. The van der Waals surface area contributed by atoms with Crippen LogP contribution in [0.1, 0.15) is 5.56 Å². The van der Waals surface area contributed by atoms with E-state index >= 15 is 0 Å². The van der Waals surface area contributed by atoms with Gasteiger partial charge in [-0.15, -0.1) is 0 Å². The Morgan fingerprint density at radius 2 is 2.05 bits per heavy atom. The maximum Gasteiger partial charge on any atom is 0.262 e. The van der Waals surface area contributed by atoms with Crippen LogP contribution >= 0.6 is 11.6 Å². The van der Waals surface area contributed by atoms with Crippen molar-refractivity contribution in [3.05, 3.63) is 53.1 Å². The number of para-hydroxylation sites is 1. The van der Waals surface area contributed by atoms with Crippen molar-refractivity contribution in [2.24, 2.45) is 0 Å². The van der Waals surface area contributed by atoms with Gasteiger partial charge >= 0.3 is 0 Å². The SMILES string of the molecule is Cc1cc(N)ccc1NC(=O)COc1ccccc1Cl. The topological polar surface area (TPSA) is 64.3 Å². The second-order valence-corrected chi connectivity index (χ2v) is 4.75. The molecule has 3 N–H and O–H groups in total. The van der Waals surface area contributed by atoms with E-state index in [0.29, 0.717) is 22.1 Å². The van der Waals surface area contributed by atoms with Gasteiger partial charge in [0.05, 0.1) is 5.02 Å². The molecule has 0 aliphatic rings. The molecule has 2 aromatic rings. The van der Waals surface area contributed by atoms with Crippen LogP contribution in [0.2, 0.25) is 5.02 Å². The largest absolute Gasteiger partial charge is 0.482 e. The predicted molar refractivity (Wildman–Crippen MR) is 81.2 cm³/mol. The molecule has 0 atom stereocenters. The number of benzene rings is 2. The Hall–Kier alpha value is -2.20. The van der Waals surface area contributed by atoms with E-state index in [-0.39, 0.29) is 12.5 Å². The predicted octanol–water partition coefficient (Wildman–Crippen LogP) is 3.25. The van der Waals surface area contributed by atoms with E-state index in [1.807, 2.05) is 6.92 Å². The molecule has 0 aliphatic heterocycles. The number of halogens is 1. The Morgan fingerprint density at radius 1 is 1.30 bits per heavy atom. The van der Waals surface area contributed by atoms with Gasteiger partial charge < -0.3 is 15.8 Å². The van der Waals surface area contributed by atoms with Gasteiger partial charge in [0.25, 0.3) is 5.91 Å². The van der Waals surface area contributed by atoms with E-state index in [1.54, 1.807) is 42.5 Å². The number of nitrogen functional groups attached to an aromatic ring is 1. The van der Waals surface area contributed by atoms with Gasteiger partial charge in [0.1, 0.15) is 5.75 Å². The van der Waals surface area contributed by atoms with Crippen LogP contribution in [0.3, 0.4) is 0 Å². The molecular weight excluding hydrogens is 276 g/mol. The minimum absolute atomic E-state index is 0.104. The molecule has 104 valence electrons. The van der Waals surface area contributed by atoms with Crippen molar-refractivity contribution in [3.63, 3.8) is 0 Å². The number of anilines is 2. The molecule has 0 fully saturated rings. The molecule has 4 nitrogen and oxygen atoms in total. The van der Waals surface area contributed by atoms with E-state index in [4.69, 9.17) is 22.1 Å². The summed E-state index contributed by atoms with van der Waals surface area (Å²) in [7, 11) is 0. The molecule has 0 radical (unpaired) electrons. The molecule has 0 bridgehead atoms. The second-order valence-electron chi connectivity index (χ2n) is 4.34. The quantitative estimate of drug-likeness (QED) is 0.850. The zero-order valence-electron chi connectivity index (χ0n) is 11.0. The first-order chi connectivity index (χ1) is 9.56. The molecular formula is C15H15ClN2O2. The summed E-state index contributed by atoms with van der Waals surface area (Å²) in [6.45, 7) is 1.77. The summed E-state index contributed by atoms with van der Waals surface area (Å²) in [6, 6.07) is 12.3. The number of carbonyl (C=O) groups excluding carboxylic acids is 1. The highest BCUT2D eigenvalue weighted by Crippen LogP contribution is 2.23. The third-order valence-corrected chi connectivity index (χ3v) is 3.03. The van der Waals surface area contributed by atoms with Gasteiger partial charge in [0, 0.05) is 11.4 Å². The lowest BCUT2D eigenvalue weighted by molar-refractivity contribution is -0.118. The second kappa shape index (κ2) is 6.30. The summed E-state index contributed by atoms with van der Waals surface area (Å²) in [4.78, 5) is 11.8. The summed E-state index contributed by atoms with van der Waals surface area (Å²) in [5, 5.41) is 3.24. The lowest BCUT2D eigenvalue weighted by Gasteiger charge is -2.10. The maximum atomic E-state index is 11.8. The van der Waals surface area contributed by atoms with Crippen LogP contribution in [0, 0.1) is 6.92 Å². The molecule has 5 heteroatoms. The van der Waals surface area contributed by atoms with Gasteiger partial charge in [-0.05, 0) is 42.8 Å². The maximum absolute atomic E-state index is 11.8. The van der Waals surface area contributed by atoms with Crippen molar-refractivity contribution in [1.82, 2.24) is 0 Å². The van der Waals surface area contributed by atoms with Gasteiger partial charge in [0.15, 0.2) is 6.61 Å². The Labute approximate surface area is 122 Å². The highest BCUT2D eigenvalue weighted by Gasteiger charge is 2.07. The van der Waals surface area contributed by atoms with Crippen molar-refractivity contribution in [2.75, 3.05) is 17.7 Å². The number of aryl methyl sites for hydroxylation is 1. The van der Waals surface area contributed by atoms with Gasteiger partial charge in [-0.2, -0.15) is 0 Å². The van der Waals surface area contributed by atoms with E-state index in [1.165, 1.54) is 0 Å². The van der Waals surface area contributed by atoms with E-state index < -0.39 is 0 Å². The number of nitrogens with one attached hydrogen (secondary N) is 1. The normalized spacial score (nSPS) is 10.1.